The molecule has 1 nitrogen and oxygen atoms in total. The Morgan fingerprint density at radius 2 is 1.56 bits per heavy atom. The van der Waals surface area contributed by atoms with Crippen molar-refractivity contribution in [1.82, 2.24) is 4.90 Å². The van der Waals surface area contributed by atoms with Gasteiger partial charge in [-0.1, -0.05) is 47.5 Å². The first-order valence-electron chi connectivity index (χ1n) is 6.86. The summed E-state index contributed by atoms with van der Waals surface area (Å²) in [6.07, 6.45) is 3.80. The second-order valence-corrected chi connectivity index (χ2v) is 6.90. The van der Waals surface area contributed by atoms with E-state index < -0.39 is 0 Å². The summed E-state index contributed by atoms with van der Waals surface area (Å²) in [6, 6.07) is 0. The van der Waals surface area contributed by atoms with E-state index in [1.165, 1.54) is 25.8 Å². The van der Waals surface area contributed by atoms with Gasteiger partial charge in [0, 0.05) is 12.1 Å². The van der Waals surface area contributed by atoms with E-state index in [2.05, 4.69) is 60.4 Å². The molecule has 1 unspecified atom stereocenters. The predicted octanol–water partition coefficient (Wildman–Crippen LogP) is 4.57. The Morgan fingerprint density at radius 3 is 1.94 bits per heavy atom. The summed E-state index contributed by atoms with van der Waals surface area (Å²) in [6.45, 7) is 17.7. The molecule has 0 fully saturated rings. The van der Waals surface area contributed by atoms with E-state index in [-0.39, 0.29) is 0 Å². The van der Waals surface area contributed by atoms with Crippen LogP contribution in [0, 0.1) is 11.3 Å². The lowest BCUT2D eigenvalue weighted by atomic mass is 9.77. The van der Waals surface area contributed by atoms with Crippen LogP contribution in [0.1, 0.15) is 67.7 Å². The normalized spacial score (nSPS) is 15.6. The van der Waals surface area contributed by atoms with Gasteiger partial charge in [-0.2, -0.15) is 0 Å². The van der Waals surface area contributed by atoms with Crippen LogP contribution in [0.15, 0.2) is 0 Å². The zero-order valence-corrected chi connectivity index (χ0v) is 12.9. The Labute approximate surface area is 104 Å². The molecule has 0 bridgehead atoms. The van der Waals surface area contributed by atoms with Crippen molar-refractivity contribution in [3.8, 4) is 0 Å². The first kappa shape index (κ1) is 16.0. The molecular weight excluding hydrogens is 194 g/mol. The van der Waals surface area contributed by atoms with Crippen molar-refractivity contribution in [3.63, 3.8) is 0 Å². The average molecular weight is 227 g/mol. The Hall–Kier alpha value is -0.0400. The lowest BCUT2D eigenvalue weighted by Gasteiger charge is -2.42. The van der Waals surface area contributed by atoms with Gasteiger partial charge in [0.2, 0.25) is 0 Å². The number of rotatable bonds is 7. The lowest BCUT2D eigenvalue weighted by Crippen LogP contribution is -2.45. The van der Waals surface area contributed by atoms with Crippen LogP contribution in [0.3, 0.4) is 0 Å². The topological polar surface area (TPSA) is 3.24 Å². The summed E-state index contributed by atoms with van der Waals surface area (Å²) in [5, 5.41) is 0. The van der Waals surface area contributed by atoms with Crippen LogP contribution in [0.2, 0.25) is 0 Å². The molecule has 0 aliphatic carbocycles. The van der Waals surface area contributed by atoms with Crippen LogP contribution in [-0.2, 0) is 0 Å². The fraction of sp³-hybridized carbons (Fsp3) is 1.00. The van der Waals surface area contributed by atoms with Crippen LogP contribution >= 0.6 is 0 Å². The molecule has 0 aliphatic rings. The Bertz CT molecular complexity index is 194. The third-order valence-electron chi connectivity index (χ3n) is 4.18. The van der Waals surface area contributed by atoms with E-state index >= 15 is 0 Å². The fourth-order valence-electron chi connectivity index (χ4n) is 2.27. The second kappa shape index (κ2) is 6.05. The van der Waals surface area contributed by atoms with Crippen molar-refractivity contribution in [3.05, 3.63) is 0 Å². The molecule has 0 aromatic carbocycles. The first-order chi connectivity index (χ1) is 7.14. The summed E-state index contributed by atoms with van der Waals surface area (Å²) in [5.74, 6) is 0.800. The highest BCUT2D eigenvalue weighted by molar-refractivity contribution is 4.86. The second-order valence-electron chi connectivity index (χ2n) is 6.90. The maximum atomic E-state index is 2.54. The van der Waals surface area contributed by atoms with Crippen molar-refractivity contribution in [1.29, 1.82) is 0 Å². The Kier molecular flexibility index (Phi) is 6.03. The monoisotopic (exact) mass is 227 g/mol. The fourth-order valence-corrected chi connectivity index (χ4v) is 2.27. The van der Waals surface area contributed by atoms with Gasteiger partial charge in [-0.15, -0.1) is 0 Å². The van der Waals surface area contributed by atoms with Crippen molar-refractivity contribution < 1.29 is 0 Å². The average Bonchev–Trinajstić information content (AvgIpc) is 2.16. The Morgan fingerprint density at radius 1 is 1.06 bits per heavy atom. The molecule has 98 valence electrons. The van der Waals surface area contributed by atoms with Crippen molar-refractivity contribution in [2.75, 3.05) is 13.6 Å². The van der Waals surface area contributed by atoms with Gasteiger partial charge >= 0.3 is 0 Å². The van der Waals surface area contributed by atoms with Crippen LogP contribution in [0.5, 0.6) is 0 Å². The van der Waals surface area contributed by atoms with E-state index in [0.29, 0.717) is 11.0 Å². The van der Waals surface area contributed by atoms with Crippen molar-refractivity contribution in [2.45, 2.75) is 73.3 Å². The van der Waals surface area contributed by atoms with Gasteiger partial charge in [0.1, 0.15) is 0 Å². The quantitative estimate of drug-likeness (QED) is 0.616. The highest BCUT2D eigenvalue weighted by atomic mass is 15.2. The minimum Gasteiger partial charge on any atom is -0.301 e. The van der Waals surface area contributed by atoms with E-state index in [1.54, 1.807) is 0 Å². The SMILES string of the molecule is CCC(C)CN(C)C(C)(C)CC(C)(C)CC. The molecule has 16 heavy (non-hydrogen) atoms. The van der Waals surface area contributed by atoms with Crippen molar-refractivity contribution >= 4 is 0 Å². The third kappa shape index (κ3) is 5.34. The molecule has 1 atom stereocenters. The molecule has 0 saturated carbocycles. The number of hydrogen-bond donors (Lipinski definition) is 0. The zero-order chi connectivity index (χ0) is 13.0. The standard InChI is InChI=1S/C15H33N/c1-9-13(3)11-16(8)15(6,7)12-14(4,5)10-2/h13H,9-12H2,1-8H3. The molecule has 0 rings (SSSR count). The van der Waals surface area contributed by atoms with Gasteiger partial charge in [0.25, 0.3) is 0 Å². The summed E-state index contributed by atoms with van der Waals surface area (Å²) in [7, 11) is 2.28. The van der Waals surface area contributed by atoms with Crippen LogP contribution in [0.25, 0.3) is 0 Å². The van der Waals surface area contributed by atoms with E-state index in [9.17, 15) is 0 Å². The largest absolute Gasteiger partial charge is 0.301 e. The highest BCUT2D eigenvalue weighted by Crippen LogP contribution is 2.33. The van der Waals surface area contributed by atoms with Crippen LogP contribution in [0.4, 0.5) is 0 Å². The first-order valence-corrected chi connectivity index (χ1v) is 6.86. The summed E-state index contributed by atoms with van der Waals surface area (Å²) < 4.78 is 0. The molecule has 0 radical (unpaired) electrons. The summed E-state index contributed by atoms with van der Waals surface area (Å²) >= 11 is 0. The zero-order valence-electron chi connectivity index (χ0n) is 12.9. The highest BCUT2D eigenvalue weighted by Gasteiger charge is 2.31. The molecule has 0 saturated heterocycles. The smallest absolute Gasteiger partial charge is 0.0155 e. The van der Waals surface area contributed by atoms with Gasteiger partial charge in [-0.3, -0.25) is 0 Å². The van der Waals surface area contributed by atoms with Gasteiger partial charge in [-0.05, 0) is 38.6 Å². The van der Waals surface area contributed by atoms with Gasteiger partial charge in [0.15, 0.2) is 0 Å². The third-order valence-corrected chi connectivity index (χ3v) is 4.18. The van der Waals surface area contributed by atoms with Crippen molar-refractivity contribution in [2.24, 2.45) is 11.3 Å². The maximum Gasteiger partial charge on any atom is 0.0155 e. The van der Waals surface area contributed by atoms with Gasteiger partial charge in [-0.25, -0.2) is 0 Å². The minimum absolute atomic E-state index is 0.308. The van der Waals surface area contributed by atoms with Gasteiger partial charge in [0.05, 0.1) is 0 Å². The molecule has 0 aromatic heterocycles. The molecule has 0 amide bonds. The molecule has 0 heterocycles. The number of hydrogen-bond acceptors (Lipinski definition) is 1. The van der Waals surface area contributed by atoms with E-state index in [0.717, 1.165) is 5.92 Å². The van der Waals surface area contributed by atoms with Gasteiger partial charge < -0.3 is 4.90 Å². The summed E-state index contributed by atoms with van der Waals surface area (Å²) in [4.78, 5) is 2.54. The maximum absolute atomic E-state index is 2.54. The van der Waals surface area contributed by atoms with E-state index in [4.69, 9.17) is 0 Å². The van der Waals surface area contributed by atoms with E-state index in [1.807, 2.05) is 0 Å². The van der Waals surface area contributed by atoms with Crippen LogP contribution < -0.4 is 0 Å². The molecular formula is C15H33N. The Balaban J connectivity index is 4.41. The lowest BCUT2D eigenvalue weighted by molar-refractivity contribution is 0.0815. The molecule has 0 spiro atoms. The number of nitrogens with zero attached hydrogens (tertiary/aromatic N) is 1. The predicted molar refractivity (Wildman–Crippen MR) is 74.9 cm³/mol. The molecule has 0 N–H and O–H groups in total. The van der Waals surface area contributed by atoms with Crippen LogP contribution in [-0.4, -0.2) is 24.0 Å². The molecule has 1 heteroatoms. The minimum atomic E-state index is 0.308. The summed E-state index contributed by atoms with van der Waals surface area (Å²) in [5.41, 5.74) is 0.760. The molecule has 0 aromatic rings. The molecule has 0 aliphatic heterocycles.